The molecular weight excluding hydrogens is 242 g/mol. The standard InChI is InChI=1S/C13H15N5O/c1-19-11-2-3-12-13(6-11)17(9-15-12)4-5-18-8-10(14)7-16-18/h2-3,6-9H,4-5,14H2,1H3. The molecule has 0 radical (unpaired) electrons. The summed E-state index contributed by atoms with van der Waals surface area (Å²) in [5, 5.41) is 4.16. The molecule has 1 aromatic carbocycles. The predicted molar refractivity (Wildman–Crippen MR) is 72.9 cm³/mol. The van der Waals surface area contributed by atoms with Gasteiger partial charge >= 0.3 is 0 Å². The van der Waals surface area contributed by atoms with Crippen molar-refractivity contribution in [3.8, 4) is 5.75 Å². The molecule has 0 spiro atoms. The Morgan fingerprint density at radius 1 is 1.32 bits per heavy atom. The largest absolute Gasteiger partial charge is 0.497 e. The van der Waals surface area contributed by atoms with E-state index in [9.17, 15) is 0 Å². The van der Waals surface area contributed by atoms with Gasteiger partial charge in [0, 0.05) is 18.8 Å². The van der Waals surface area contributed by atoms with Gasteiger partial charge in [0.25, 0.3) is 0 Å². The first kappa shape index (κ1) is 11.6. The Morgan fingerprint density at radius 3 is 2.95 bits per heavy atom. The van der Waals surface area contributed by atoms with E-state index in [4.69, 9.17) is 10.5 Å². The minimum Gasteiger partial charge on any atom is -0.497 e. The molecule has 2 N–H and O–H groups in total. The van der Waals surface area contributed by atoms with Crippen LogP contribution in [0.5, 0.6) is 5.75 Å². The second-order valence-corrected chi connectivity index (χ2v) is 4.33. The number of anilines is 1. The number of imidazole rings is 1. The molecule has 0 saturated carbocycles. The summed E-state index contributed by atoms with van der Waals surface area (Å²) in [5.74, 6) is 0.831. The number of benzene rings is 1. The van der Waals surface area contributed by atoms with E-state index in [1.807, 2.05) is 35.4 Å². The normalized spacial score (nSPS) is 11.0. The summed E-state index contributed by atoms with van der Waals surface area (Å²) >= 11 is 0. The number of hydrogen-bond acceptors (Lipinski definition) is 4. The van der Waals surface area contributed by atoms with Crippen molar-refractivity contribution < 1.29 is 4.74 Å². The Kier molecular flexibility index (Phi) is 2.83. The fraction of sp³-hybridized carbons (Fsp3) is 0.231. The summed E-state index contributed by atoms with van der Waals surface area (Å²) < 4.78 is 9.14. The first-order valence-corrected chi connectivity index (χ1v) is 6.03. The number of methoxy groups -OCH3 is 1. The fourth-order valence-corrected chi connectivity index (χ4v) is 2.05. The smallest absolute Gasteiger partial charge is 0.121 e. The highest BCUT2D eigenvalue weighted by Gasteiger charge is 2.04. The van der Waals surface area contributed by atoms with Gasteiger partial charge in [-0.15, -0.1) is 0 Å². The van der Waals surface area contributed by atoms with Gasteiger partial charge in [0.05, 0.1) is 42.9 Å². The van der Waals surface area contributed by atoms with Gasteiger partial charge in [0.15, 0.2) is 0 Å². The van der Waals surface area contributed by atoms with Crippen LogP contribution in [0.2, 0.25) is 0 Å². The predicted octanol–water partition coefficient (Wildman–Crippen LogP) is 1.52. The van der Waals surface area contributed by atoms with E-state index >= 15 is 0 Å². The quantitative estimate of drug-likeness (QED) is 0.769. The second-order valence-electron chi connectivity index (χ2n) is 4.33. The molecule has 0 saturated heterocycles. The third-order valence-electron chi connectivity index (χ3n) is 3.05. The molecule has 0 unspecified atom stereocenters. The van der Waals surface area contributed by atoms with E-state index < -0.39 is 0 Å². The Morgan fingerprint density at radius 2 is 2.21 bits per heavy atom. The molecule has 0 aliphatic carbocycles. The van der Waals surface area contributed by atoms with Crippen molar-refractivity contribution >= 4 is 16.7 Å². The molecule has 2 heterocycles. The van der Waals surface area contributed by atoms with Crippen LogP contribution in [-0.4, -0.2) is 26.4 Å². The number of nitrogens with zero attached hydrogens (tertiary/aromatic N) is 4. The van der Waals surface area contributed by atoms with Crippen molar-refractivity contribution in [1.82, 2.24) is 19.3 Å². The minimum atomic E-state index is 0.678. The zero-order valence-electron chi connectivity index (χ0n) is 10.7. The zero-order chi connectivity index (χ0) is 13.2. The number of ether oxygens (including phenoxy) is 1. The monoisotopic (exact) mass is 257 g/mol. The van der Waals surface area contributed by atoms with Gasteiger partial charge in [0.2, 0.25) is 0 Å². The van der Waals surface area contributed by atoms with Crippen molar-refractivity contribution in [3.05, 3.63) is 36.9 Å². The highest BCUT2D eigenvalue weighted by molar-refractivity contribution is 5.77. The Bertz CT molecular complexity index is 700. The topological polar surface area (TPSA) is 70.9 Å². The van der Waals surface area contributed by atoms with E-state index in [0.717, 1.165) is 29.9 Å². The lowest BCUT2D eigenvalue weighted by Gasteiger charge is -2.05. The van der Waals surface area contributed by atoms with Crippen molar-refractivity contribution in [2.75, 3.05) is 12.8 Å². The van der Waals surface area contributed by atoms with E-state index in [1.165, 1.54) is 0 Å². The molecule has 0 atom stereocenters. The van der Waals surface area contributed by atoms with Crippen molar-refractivity contribution in [3.63, 3.8) is 0 Å². The number of fused-ring (bicyclic) bond motifs is 1. The summed E-state index contributed by atoms with van der Waals surface area (Å²) in [6, 6.07) is 5.85. The van der Waals surface area contributed by atoms with Crippen LogP contribution in [0.1, 0.15) is 0 Å². The maximum atomic E-state index is 5.64. The molecule has 0 bridgehead atoms. The van der Waals surface area contributed by atoms with Crippen LogP contribution in [-0.2, 0) is 13.1 Å². The molecule has 6 nitrogen and oxygen atoms in total. The Balaban J connectivity index is 1.84. The highest BCUT2D eigenvalue weighted by Crippen LogP contribution is 2.19. The van der Waals surface area contributed by atoms with Gasteiger partial charge in [-0.25, -0.2) is 4.98 Å². The lowest BCUT2D eigenvalue weighted by Crippen LogP contribution is -2.06. The summed E-state index contributed by atoms with van der Waals surface area (Å²) in [4.78, 5) is 4.36. The second kappa shape index (κ2) is 4.64. The van der Waals surface area contributed by atoms with Crippen LogP contribution >= 0.6 is 0 Å². The van der Waals surface area contributed by atoms with E-state index in [-0.39, 0.29) is 0 Å². The summed E-state index contributed by atoms with van der Waals surface area (Å²) in [6.45, 7) is 1.53. The number of aryl methyl sites for hydroxylation is 2. The molecule has 0 aliphatic heterocycles. The highest BCUT2D eigenvalue weighted by atomic mass is 16.5. The summed E-state index contributed by atoms with van der Waals surface area (Å²) in [5.41, 5.74) is 8.33. The Hall–Kier alpha value is -2.50. The number of aromatic nitrogens is 4. The number of hydrogen-bond donors (Lipinski definition) is 1. The van der Waals surface area contributed by atoms with E-state index in [0.29, 0.717) is 5.69 Å². The molecule has 98 valence electrons. The molecule has 2 aromatic heterocycles. The molecule has 19 heavy (non-hydrogen) atoms. The lowest BCUT2D eigenvalue weighted by atomic mass is 10.3. The van der Waals surface area contributed by atoms with Gasteiger partial charge in [-0.3, -0.25) is 4.68 Å². The molecular formula is C13H15N5O. The van der Waals surface area contributed by atoms with Crippen LogP contribution < -0.4 is 10.5 Å². The molecule has 0 fully saturated rings. The summed E-state index contributed by atoms with van der Waals surface area (Å²) in [6.07, 6.45) is 5.30. The average molecular weight is 257 g/mol. The van der Waals surface area contributed by atoms with Gasteiger partial charge in [-0.2, -0.15) is 5.10 Å². The van der Waals surface area contributed by atoms with Crippen LogP contribution in [0.3, 0.4) is 0 Å². The fourth-order valence-electron chi connectivity index (χ4n) is 2.05. The number of nitrogen functional groups attached to an aromatic ring is 1. The van der Waals surface area contributed by atoms with Gasteiger partial charge in [-0.1, -0.05) is 0 Å². The lowest BCUT2D eigenvalue weighted by molar-refractivity contribution is 0.415. The number of nitrogens with two attached hydrogens (primary N) is 1. The maximum Gasteiger partial charge on any atom is 0.121 e. The van der Waals surface area contributed by atoms with E-state index in [1.54, 1.807) is 13.3 Å². The SMILES string of the molecule is COc1ccc2ncn(CCn3cc(N)cn3)c2c1. The molecule has 3 aromatic rings. The van der Waals surface area contributed by atoms with Gasteiger partial charge < -0.3 is 15.0 Å². The third-order valence-corrected chi connectivity index (χ3v) is 3.05. The van der Waals surface area contributed by atoms with E-state index in [2.05, 4.69) is 14.6 Å². The van der Waals surface area contributed by atoms with Gasteiger partial charge in [-0.05, 0) is 12.1 Å². The van der Waals surface area contributed by atoms with Crippen molar-refractivity contribution in [2.24, 2.45) is 0 Å². The van der Waals surface area contributed by atoms with Crippen LogP contribution in [0.4, 0.5) is 5.69 Å². The van der Waals surface area contributed by atoms with Crippen molar-refractivity contribution in [2.45, 2.75) is 13.1 Å². The number of rotatable bonds is 4. The van der Waals surface area contributed by atoms with Crippen LogP contribution in [0.15, 0.2) is 36.9 Å². The maximum absolute atomic E-state index is 5.64. The first-order chi connectivity index (χ1) is 9.26. The first-order valence-electron chi connectivity index (χ1n) is 6.03. The van der Waals surface area contributed by atoms with Crippen LogP contribution in [0.25, 0.3) is 11.0 Å². The van der Waals surface area contributed by atoms with Crippen LogP contribution in [0, 0.1) is 0 Å². The molecule has 0 aliphatic rings. The third kappa shape index (κ3) is 2.24. The molecule has 0 amide bonds. The zero-order valence-corrected chi connectivity index (χ0v) is 10.7. The van der Waals surface area contributed by atoms with Crippen molar-refractivity contribution in [1.29, 1.82) is 0 Å². The molecule has 6 heteroatoms. The average Bonchev–Trinajstić information content (AvgIpc) is 3.02. The summed E-state index contributed by atoms with van der Waals surface area (Å²) in [7, 11) is 1.66. The Labute approximate surface area is 110 Å². The van der Waals surface area contributed by atoms with Gasteiger partial charge in [0.1, 0.15) is 5.75 Å². The minimum absolute atomic E-state index is 0.678. The molecule has 3 rings (SSSR count).